The first-order chi connectivity index (χ1) is 13.2. The molecule has 1 atom stereocenters. The number of carbonyl (C=O) groups is 1. The minimum atomic E-state index is -3.39. The van der Waals surface area contributed by atoms with Crippen molar-refractivity contribution in [3.8, 4) is 0 Å². The van der Waals surface area contributed by atoms with Crippen molar-refractivity contribution in [2.45, 2.75) is 38.5 Å². The molecule has 1 fully saturated rings. The van der Waals surface area contributed by atoms with Gasteiger partial charge in [-0.2, -0.15) is 5.10 Å². The first-order valence-corrected chi connectivity index (χ1v) is 11.3. The van der Waals surface area contributed by atoms with E-state index in [1.165, 1.54) is 11.8 Å². The van der Waals surface area contributed by atoms with Gasteiger partial charge in [-0.3, -0.25) is 9.82 Å². The van der Waals surface area contributed by atoms with E-state index in [2.05, 4.69) is 34.1 Å². The first-order valence-electron chi connectivity index (χ1n) is 9.40. The summed E-state index contributed by atoms with van der Waals surface area (Å²) in [5, 5.41) is 9.81. The van der Waals surface area contributed by atoms with E-state index in [0.29, 0.717) is 30.4 Å². The van der Waals surface area contributed by atoms with Crippen molar-refractivity contribution in [3.63, 3.8) is 0 Å². The molecule has 2 amide bonds. The Morgan fingerprint density at radius 3 is 2.64 bits per heavy atom. The molecule has 0 saturated carbocycles. The van der Waals surface area contributed by atoms with Crippen LogP contribution in [0.2, 0.25) is 0 Å². The molecule has 3 rings (SSSR count). The second-order valence-corrected chi connectivity index (χ2v) is 9.31. The zero-order chi connectivity index (χ0) is 20.3. The molecule has 1 aromatic heterocycles. The molecule has 2 aromatic rings. The third kappa shape index (κ3) is 5.03. The highest BCUT2D eigenvalue weighted by Crippen LogP contribution is 2.31. The number of H-pyrrole nitrogens is 1. The minimum Gasteiger partial charge on any atom is -0.324 e. The number of amides is 2. The van der Waals surface area contributed by atoms with Crippen molar-refractivity contribution >= 4 is 27.4 Å². The number of nitrogens with zero attached hydrogens (tertiary/aromatic N) is 2. The Kier molecular flexibility index (Phi) is 5.93. The number of urea groups is 1. The van der Waals surface area contributed by atoms with Gasteiger partial charge in [0.15, 0.2) is 0 Å². The molecule has 1 unspecified atom stereocenters. The van der Waals surface area contributed by atoms with Crippen LogP contribution in [0.5, 0.6) is 0 Å². The van der Waals surface area contributed by atoms with Crippen molar-refractivity contribution in [1.29, 1.82) is 0 Å². The molecule has 0 bridgehead atoms. The Bertz CT molecular complexity index is 921. The molecule has 152 valence electrons. The van der Waals surface area contributed by atoms with Gasteiger partial charge in [0.1, 0.15) is 0 Å². The molecule has 8 nitrogen and oxygen atoms in total. The molecule has 0 spiro atoms. The zero-order valence-corrected chi connectivity index (χ0v) is 17.2. The molecular formula is C19H27N5O3S. The van der Waals surface area contributed by atoms with Gasteiger partial charge in [0.2, 0.25) is 10.0 Å². The molecule has 1 aromatic carbocycles. The highest BCUT2D eigenvalue weighted by molar-refractivity contribution is 7.92. The molecule has 9 heteroatoms. The summed E-state index contributed by atoms with van der Waals surface area (Å²) in [7, 11) is -3.39. The maximum atomic E-state index is 12.7. The van der Waals surface area contributed by atoms with E-state index in [0.717, 1.165) is 24.8 Å². The van der Waals surface area contributed by atoms with Crippen LogP contribution in [0.15, 0.2) is 30.5 Å². The predicted molar refractivity (Wildman–Crippen MR) is 110 cm³/mol. The van der Waals surface area contributed by atoms with E-state index in [1.54, 1.807) is 4.90 Å². The third-order valence-corrected chi connectivity index (χ3v) is 5.50. The van der Waals surface area contributed by atoms with Crippen molar-refractivity contribution in [2.24, 2.45) is 0 Å². The van der Waals surface area contributed by atoms with Crippen LogP contribution in [0.3, 0.4) is 0 Å². The van der Waals surface area contributed by atoms with Crippen LogP contribution in [0.1, 0.15) is 49.8 Å². The number of carbonyl (C=O) groups excluding carboxylic acids is 1. The van der Waals surface area contributed by atoms with E-state index in [9.17, 15) is 13.2 Å². The molecule has 1 saturated heterocycles. The number of benzene rings is 1. The summed E-state index contributed by atoms with van der Waals surface area (Å²) < 4.78 is 25.6. The third-order valence-electron chi connectivity index (χ3n) is 4.91. The topological polar surface area (TPSA) is 107 Å². The number of aromatic amines is 1. The van der Waals surface area contributed by atoms with Crippen molar-refractivity contribution in [1.82, 2.24) is 15.1 Å². The van der Waals surface area contributed by atoms with Gasteiger partial charge in [-0.1, -0.05) is 26.0 Å². The lowest BCUT2D eigenvalue weighted by molar-refractivity contribution is 0.192. The van der Waals surface area contributed by atoms with E-state index in [1.807, 2.05) is 24.3 Å². The predicted octanol–water partition coefficient (Wildman–Crippen LogP) is 3.32. The summed E-state index contributed by atoms with van der Waals surface area (Å²) in [6, 6.07) is 7.72. The summed E-state index contributed by atoms with van der Waals surface area (Å²) in [6.45, 7) is 5.42. The van der Waals surface area contributed by atoms with Crippen LogP contribution < -0.4 is 10.0 Å². The lowest BCUT2D eigenvalue weighted by Crippen LogP contribution is -2.41. The van der Waals surface area contributed by atoms with Crippen LogP contribution >= 0.6 is 0 Å². The zero-order valence-electron chi connectivity index (χ0n) is 16.4. The lowest BCUT2D eigenvalue weighted by atomic mass is 9.94. The Hall–Kier alpha value is -2.55. The Morgan fingerprint density at radius 2 is 2.00 bits per heavy atom. The summed E-state index contributed by atoms with van der Waals surface area (Å²) in [5.74, 6) is 0.436. The van der Waals surface area contributed by atoms with Crippen LogP contribution in [0, 0.1) is 0 Å². The molecule has 2 heterocycles. The van der Waals surface area contributed by atoms with Crippen LogP contribution in [0.25, 0.3) is 0 Å². The molecular weight excluding hydrogens is 378 g/mol. The average molecular weight is 406 g/mol. The number of rotatable bonds is 5. The van der Waals surface area contributed by atoms with Crippen LogP contribution in [0.4, 0.5) is 16.2 Å². The number of likely N-dealkylation sites (tertiary alicyclic amines) is 1. The van der Waals surface area contributed by atoms with Gasteiger partial charge in [-0.25, -0.2) is 13.2 Å². The Morgan fingerprint density at radius 1 is 1.29 bits per heavy atom. The number of anilines is 2. The fourth-order valence-corrected chi connectivity index (χ4v) is 4.00. The molecule has 28 heavy (non-hydrogen) atoms. The van der Waals surface area contributed by atoms with Crippen molar-refractivity contribution in [3.05, 3.63) is 41.7 Å². The molecule has 1 aliphatic rings. The lowest BCUT2D eigenvalue weighted by Gasteiger charge is -2.32. The van der Waals surface area contributed by atoms with Crippen molar-refractivity contribution in [2.75, 3.05) is 29.4 Å². The van der Waals surface area contributed by atoms with Gasteiger partial charge in [0.25, 0.3) is 0 Å². The Labute approximate surface area is 165 Å². The van der Waals surface area contributed by atoms with Gasteiger partial charge in [-0.05, 0) is 36.5 Å². The monoisotopic (exact) mass is 405 g/mol. The number of nitrogens with one attached hydrogen (secondary N) is 3. The summed E-state index contributed by atoms with van der Waals surface area (Å²) in [4.78, 5) is 14.5. The molecule has 3 N–H and O–H groups in total. The fraction of sp³-hybridized carbons (Fsp3) is 0.474. The SMILES string of the molecule is CC(C)c1ccc(NC(=O)N2CCCC(c3[nH]ncc3NS(C)(=O)=O)C2)cc1. The average Bonchev–Trinajstić information content (AvgIpc) is 3.08. The van der Waals surface area contributed by atoms with Gasteiger partial charge < -0.3 is 10.2 Å². The van der Waals surface area contributed by atoms with Crippen LogP contribution in [-0.2, 0) is 10.0 Å². The number of hydrogen-bond donors (Lipinski definition) is 3. The Balaban J connectivity index is 1.66. The maximum absolute atomic E-state index is 12.7. The summed E-state index contributed by atoms with van der Waals surface area (Å²) in [6.07, 6.45) is 4.26. The summed E-state index contributed by atoms with van der Waals surface area (Å²) >= 11 is 0. The van der Waals surface area contributed by atoms with E-state index in [4.69, 9.17) is 0 Å². The second kappa shape index (κ2) is 8.22. The highest BCUT2D eigenvalue weighted by Gasteiger charge is 2.28. The number of aromatic nitrogens is 2. The van der Waals surface area contributed by atoms with E-state index in [-0.39, 0.29) is 11.9 Å². The number of hydrogen-bond acceptors (Lipinski definition) is 4. The number of piperidine rings is 1. The second-order valence-electron chi connectivity index (χ2n) is 7.56. The fourth-order valence-electron chi connectivity index (χ4n) is 3.44. The maximum Gasteiger partial charge on any atom is 0.321 e. The van der Waals surface area contributed by atoms with Gasteiger partial charge in [-0.15, -0.1) is 0 Å². The summed E-state index contributed by atoms with van der Waals surface area (Å²) in [5.41, 5.74) is 3.14. The quantitative estimate of drug-likeness (QED) is 0.709. The van der Waals surface area contributed by atoms with Gasteiger partial charge >= 0.3 is 6.03 Å². The standard InChI is InChI=1S/C19H27N5O3S/c1-13(2)14-6-8-16(9-7-14)21-19(25)24-10-4-5-15(12-24)18-17(11-20-22-18)23-28(3,26)27/h6-9,11,13,15,23H,4-5,10,12H2,1-3H3,(H,20,22)(H,21,25). The largest absolute Gasteiger partial charge is 0.324 e. The number of sulfonamides is 1. The minimum absolute atomic E-state index is 0.00503. The smallest absolute Gasteiger partial charge is 0.321 e. The van der Waals surface area contributed by atoms with E-state index >= 15 is 0 Å². The molecule has 0 radical (unpaired) electrons. The van der Waals surface area contributed by atoms with Crippen molar-refractivity contribution < 1.29 is 13.2 Å². The van der Waals surface area contributed by atoms with Gasteiger partial charge in [0, 0.05) is 24.7 Å². The van der Waals surface area contributed by atoms with Crippen LogP contribution in [-0.4, -0.2) is 48.9 Å². The highest BCUT2D eigenvalue weighted by atomic mass is 32.2. The normalized spacial score (nSPS) is 17.6. The van der Waals surface area contributed by atoms with E-state index < -0.39 is 10.0 Å². The molecule has 0 aliphatic carbocycles. The van der Waals surface area contributed by atoms with Gasteiger partial charge in [0.05, 0.1) is 23.8 Å². The first kappa shape index (κ1) is 20.2. The molecule has 1 aliphatic heterocycles.